The highest BCUT2D eigenvalue weighted by molar-refractivity contribution is 7.11. The molecule has 0 saturated carbocycles. The van der Waals surface area contributed by atoms with Gasteiger partial charge >= 0.3 is 0 Å². The van der Waals surface area contributed by atoms with Gasteiger partial charge in [-0.3, -0.25) is 0 Å². The van der Waals surface area contributed by atoms with E-state index >= 15 is 0 Å². The van der Waals surface area contributed by atoms with Gasteiger partial charge in [-0.2, -0.15) is 0 Å². The van der Waals surface area contributed by atoms with Crippen LogP contribution < -0.4 is 0 Å². The van der Waals surface area contributed by atoms with Crippen molar-refractivity contribution < 1.29 is 0 Å². The summed E-state index contributed by atoms with van der Waals surface area (Å²) in [6.45, 7) is 4.32. The van der Waals surface area contributed by atoms with E-state index in [-0.39, 0.29) is 0 Å². The Morgan fingerprint density at radius 3 is 1.82 bits per heavy atom. The Balaban J connectivity index is 1.78. The predicted molar refractivity (Wildman–Crippen MR) is 128 cm³/mol. The minimum absolute atomic E-state index is 1.25. The van der Waals surface area contributed by atoms with Gasteiger partial charge < -0.3 is 0 Å². The predicted octanol–water partition coefficient (Wildman–Crippen LogP) is 8.43. The first-order chi connectivity index (χ1) is 13.7. The highest BCUT2D eigenvalue weighted by Crippen LogP contribution is 2.30. The Labute approximate surface area is 175 Å². The lowest BCUT2D eigenvalue weighted by Crippen LogP contribution is -1.90. The van der Waals surface area contributed by atoms with Crippen molar-refractivity contribution in [3.63, 3.8) is 0 Å². The van der Waals surface area contributed by atoms with E-state index in [1.54, 1.807) is 22.7 Å². The molecule has 0 N–H and O–H groups in total. The lowest BCUT2D eigenvalue weighted by atomic mass is 9.93. The molecule has 0 saturated heterocycles. The molecular weight excluding hydrogens is 376 g/mol. The zero-order chi connectivity index (χ0) is 19.3. The van der Waals surface area contributed by atoms with Crippen molar-refractivity contribution in [2.75, 3.05) is 0 Å². The molecule has 0 aliphatic rings. The highest BCUT2D eigenvalue weighted by Gasteiger charge is 2.07. The number of aryl methyl sites for hydroxylation is 2. The first-order valence-corrected chi connectivity index (χ1v) is 11.1. The Morgan fingerprint density at radius 1 is 0.643 bits per heavy atom. The third-order valence-corrected chi connectivity index (χ3v) is 6.42. The number of hydrogen-bond acceptors (Lipinski definition) is 2. The van der Waals surface area contributed by atoms with Gasteiger partial charge in [-0.1, -0.05) is 60.2 Å². The highest BCUT2D eigenvalue weighted by atomic mass is 32.1. The minimum Gasteiger partial charge on any atom is -0.144 e. The fraction of sp³-hybridized carbons (Fsp3) is 0.0769. The van der Waals surface area contributed by atoms with E-state index in [0.29, 0.717) is 0 Å². The average Bonchev–Trinajstić information content (AvgIpc) is 3.40. The quantitative estimate of drug-likeness (QED) is 0.316. The van der Waals surface area contributed by atoms with Crippen LogP contribution in [0.3, 0.4) is 0 Å². The van der Waals surface area contributed by atoms with Crippen LogP contribution in [0, 0.1) is 13.8 Å². The molecule has 0 amide bonds. The van der Waals surface area contributed by atoms with Crippen LogP contribution in [0.25, 0.3) is 35.4 Å². The molecule has 2 heteroatoms. The number of rotatable bonds is 5. The topological polar surface area (TPSA) is 0 Å². The number of thiophene rings is 2. The smallest absolute Gasteiger partial charge is 0.0270 e. The first kappa shape index (κ1) is 18.7. The van der Waals surface area contributed by atoms with Crippen LogP contribution in [0.1, 0.15) is 32.0 Å². The number of hydrogen-bond donors (Lipinski definition) is 0. The zero-order valence-electron chi connectivity index (χ0n) is 16.1. The first-order valence-electron chi connectivity index (χ1n) is 9.34. The van der Waals surface area contributed by atoms with E-state index in [1.807, 2.05) is 0 Å². The van der Waals surface area contributed by atoms with Gasteiger partial charge in [0, 0.05) is 9.75 Å². The Kier molecular flexibility index (Phi) is 5.70. The van der Waals surface area contributed by atoms with Crippen LogP contribution in [0.15, 0.2) is 71.4 Å². The molecule has 0 unspecified atom stereocenters. The molecule has 0 radical (unpaired) electrons. The molecule has 0 aliphatic heterocycles. The third kappa shape index (κ3) is 4.41. The van der Waals surface area contributed by atoms with Crippen LogP contribution >= 0.6 is 22.7 Å². The van der Waals surface area contributed by atoms with Gasteiger partial charge in [0.25, 0.3) is 0 Å². The van der Waals surface area contributed by atoms with Crippen molar-refractivity contribution in [3.8, 4) is 11.1 Å². The summed E-state index contributed by atoms with van der Waals surface area (Å²) in [6.07, 6.45) is 8.87. The maximum Gasteiger partial charge on any atom is 0.0270 e. The molecule has 28 heavy (non-hydrogen) atoms. The van der Waals surface area contributed by atoms with Crippen molar-refractivity contribution in [3.05, 3.63) is 103 Å². The summed E-state index contributed by atoms with van der Waals surface area (Å²) in [4.78, 5) is 2.55. The van der Waals surface area contributed by atoms with Crippen LogP contribution in [0.5, 0.6) is 0 Å². The lowest BCUT2D eigenvalue weighted by Gasteiger charge is -2.12. The molecule has 0 atom stereocenters. The van der Waals surface area contributed by atoms with Crippen LogP contribution in [0.4, 0.5) is 0 Å². The molecule has 2 aromatic heterocycles. The monoisotopic (exact) mass is 398 g/mol. The lowest BCUT2D eigenvalue weighted by molar-refractivity contribution is 1.42. The maximum absolute atomic E-state index is 2.32. The summed E-state index contributed by atoms with van der Waals surface area (Å²) in [5.41, 5.74) is 7.60. The van der Waals surface area contributed by atoms with Gasteiger partial charge in [-0.25, -0.2) is 0 Å². The summed E-state index contributed by atoms with van der Waals surface area (Å²) in [6, 6.07) is 21.9. The summed E-state index contributed by atoms with van der Waals surface area (Å²) < 4.78 is 0. The SMILES string of the molecule is Cc1ccc(-c2cc(C=Cc3cccs3)c(C)cc2/C=C/c2cccs2)cc1. The molecule has 0 nitrogen and oxygen atoms in total. The van der Waals surface area contributed by atoms with Crippen molar-refractivity contribution in [1.29, 1.82) is 0 Å². The Hall–Kier alpha value is -2.68. The van der Waals surface area contributed by atoms with Gasteiger partial charge in [0.05, 0.1) is 0 Å². The fourth-order valence-corrected chi connectivity index (χ4v) is 4.40. The van der Waals surface area contributed by atoms with Gasteiger partial charge in [0.1, 0.15) is 0 Å². The van der Waals surface area contributed by atoms with Crippen molar-refractivity contribution in [2.24, 2.45) is 0 Å². The largest absolute Gasteiger partial charge is 0.144 e. The second-order valence-electron chi connectivity index (χ2n) is 6.86. The molecule has 4 aromatic rings. The molecule has 2 heterocycles. The van der Waals surface area contributed by atoms with E-state index in [4.69, 9.17) is 0 Å². The van der Waals surface area contributed by atoms with Crippen molar-refractivity contribution in [2.45, 2.75) is 13.8 Å². The number of benzene rings is 2. The van der Waals surface area contributed by atoms with E-state index in [0.717, 1.165) is 0 Å². The molecular formula is C26H22S2. The summed E-state index contributed by atoms with van der Waals surface area (Å²) >= 11 is 3.53. The molecule has 4 rings (SSSR count). The minimum atomic E-state index is 1.25. The van der Waals surface area contributed by atoms with E-state index in [9.17, 15) is 0 Å². The normalized spacial score (nSPS) is 11.6. The van der Waals surface area contributed by atoms with E-state index < -0.39 is 0 Å². The third-order valence-electron chi connectivity index (χ3n) is 4.74. The zero-order valence-corrected chi connectivity index (χ0v) is 17.7. The molecule has 0 spiro atoms. The summed E-state index contributed by atoms with van der Waals surface area (Å²) in [5.74, 6) is 0. The second kappa shape index (κ2) is 8.55. The van der Waals surface area contributed by atoms with Gasteiger partial charge in [0.15, 0.2) is 0 Å². The summed E-state index contributed by atoms with van der Waals surface area (Å²) in [5, 5.41) is 4.23. The molecule has 2 aromatic carbocycles. The standard InChI is InChI=1S/C26H22S2/c1-19-7-9-21(10-8-19)26-18-22(11-13-24-5-3-15-27-24)20(2)17-23(26)12-14-25-6-4-16-28-25/h3-18H,1-2H3/b13-11?,14-12+. The van der Waals surface area contributed by atoms with Gasteiger partial charge in [-0.05, 0) is 82.8 Å². The van der Waals surface area contributed by atoms with Gasteiger partial charge in [0.2, 0.25) is 0 Å². The van der Waals surface area contributed by atoms with E-state index in [1.165, 1.54) is 43.1 Å². The molecule has 0 bridgehead atoms. The Bertz CT molecular complexity index is 1090. The maximum atomic E-state index is 2.32. The van der Waals surface area contributed by atoms with E-state index in [2.05, 4.69) is 110 Å². The fourth-order valence-electron chi connectivity index (χ4n) is 3.16. The van der Waals surface area contributed by atoms with Crippen molar-refractivity contribution >= 4 is 47.0 Å². The molecule has 0 aliphatic carbocycles. The second-order valence-corrected chi connectivity index (χ2v) is 8.82. The average molecular weight is 399 g/mol. The van der Waals surface area contributed by atoms with Crippen LogP contribution in [0.2, 0.25) is 0 Å². The van der Waals surface area contributed by atoms with Crippen LogP contribution in [-0.2, 0) is 0 Å². The van der Waals surface area contributed by atoms with Gasteiger partial charge in [-0.15, -0.1) is 22.7 Å². The summed E-state index contributed by atoms with van der Waals surface area (Å²) in [7, 11) is 0. The Morgan fingerprint density at radius 2 is 1.25 bits per heavy atom. The molecule has 138 valence electrons. The van der Waals surface area contributed by atoms with Crippen molar-refractivity contribution in [1.82, 2.24) is 0 Å². The molecule has 0 fully saturated rings. The van der Waals surface area contributed by atoms with Crippen LogP contribution in [-0.4, -0.2) is 0 Å².